The third-order valence-corrected chi connectivity index (χ3v) is 5.43. The fourth-order valence-electron chi connectivity index (χ4n) is 4.14. The van der Waals surface area contributed by atoms with Crippen molar-refractivity contribution in [2.24, 2.45) is 17.6 Å². The van der Waals surface area contributed by atoms with Gasteiger partial charge in [-0.15, -0.1) is 0 Å². The van der Waals surface area contributed by atoms with Crippen LogP contribution in [0.5, 0.6) is 0 Å². The molecule has 1 saturated carbocycles. The topological polar surface area (TPSA) is 29.3 Å². The predicted octanol–water partition coefficient (Wildman–Crippen LogP) is 4.17. The summed E-state index contributed by atoms with van der Waals surface area (Å²) in [6.07, 6.45) is 6.81. The van der Waals surface area contributed by atoms with E-state index in [1.54, 1.807) is 6.07 Å². The van der Waals surface area contributed by atoms with Crippen LogP contribution in [0.15, 0.2) is 12.1 Å². The van der Waals surface area contributed by atoms with Gasteiger partial charge in [-0.3, -0.25) is 0 Å². The van der Waals surface area contributed by atoms with E-state index in [1.165, 1.54) is 32.1 Å². The third-order valence-electron chi connectivity index (χ3n) is 5.43. The smallest absolute Gasteiger partial charge is 0.126 e. The van der Waals surface area contributed by atoms with E-state index in [-0.39, 0.29) is 11.9 Å². The van der Waals surface area contributed by atoms with Crippen LogP contribution in [-0.4, -0.2) is 13.1 Å². The number of aryl methyl sites for hydroxylation is 1. The maximum Gasteiger partial charge on any atom is 0.126 e. The molecule has 21 heavy (non-hydrogen) atoms. The molecule has 3 rings (SSSR count). The van der Waals surface area contributed by atoms with Crippen molar-refractivity contribution < 1.29 is 4.39 Å². The summed E-state index contributed by atoms with van der Waals surface area (Å²) >= 11 is 0. The van der Waals surface area contributed by atoms with E-state index >= 15 is 0 Å². The highest BCUT2D eigenvalue weighted by atomic mass is 19.1. The number of fused-ring (bicyclic) bond motifs is 1. The predicted molar refractivity (Wildman–Crippen MR) is 86.0 cm³/mol. The van der Waals surface area contributed by atoms with Gasteiger partial charge in [0.15, 0.2) is 0 Å². The maximum absolute atomic E-state index is 13.9. The summed E-state index contributed by atoms with van der Waals surface area (Å²) in [7, 11) is 0. The van der Waals surface area contributed by atoms with Gasteiger partial charge in [0.25, 0.3) is 0 Å². The molecule has 1 aliphatic carbocycles. The van der Waals surface area contributed by atoms with Crippen LogP contribution >= 0.6 is 0 Å². The van der Waals surface area contributed by atoms with Crippen molar-refractivity contribution in [3.05, 3.63) is 29.1 Å². The number of hydrogen-bond acceptors (Lipinski definition) is 2. The summed E-state index contributed by atoms with van der Waals surface area (Å²) in [6.45, 7) is 6.00. The monoisotopic (exact) mass is 290 g/mol. The first-order valence-corrected chi connectivity index (χ1v) is 8.37. The SMILES string of the molecule is Cc1cc(N2CCC3CCCCC3C2)c([C@@H](C)N)cc1F. The molecule has 2 aliphatic rings. The minimum Gasteiger partial charge on any atom is -0.371 e. The van der Waals surface area contributed by atoms with Gasteiger partial charge < -0.3 is 10.6 Å². The van der Waals surface area contributed by atoms with E-state index in [2.05, 4.69) is 4.90 Å². The zero-order valence-electron chi connectivity index (χ0n) is 13.2. The number of hydrogen-bond donors (Lipinski definition) is 1. The Hall–Kier alpha value is -1.09. The van der Waals surface area contributed by atoms with Crippen LogP contribution < -0.4 is 10.6 Å². The van der Waals surface area contributed by atoms with E-state index in [1.807, 2.05) is 19.9 Å². The zero-order chi connectivity index (χ0) is 15.0. The molecule has 3 heteroatoms. The van der Waals surface area contributed by atoms with Crippen LogP contribution in [0.3, 0.4) is 0 Å². The van der Waals surface area contributed by atoms with Gasteiger partial charge in [-0.2, -0.15) is 0 Å². The van der Waals surface area contributed by atoms with E-state index in [9.17, 15) is 4.39 Å². The summed E-state index contributed by atoms with van der Waals surface area (Å²) in [5, 5.41) is 0. The maximum atomic E-state index is 13.9. The van der Waals surface area contributed by atoms with Gasteiger partial charge in [-0.25, -0.2) is 4.39 Å². The van der Waals surface area contributed by atoms with Crippen LogP contribution in [0.25, 0.3) is 0 Å². The highest BCUT2D eigenvalue weighted by molar-refractivity contribution is 5.57. The molecule has 0 spiro atoms. The van der Waals surface area contributed by atoms with E-state index < -0.39 is 0 Å². The molecule has 1 aliphatic heterocycles. The number of nitrogens with zero attached hydrogens (tertiary/aromatic N) is 1. The van der Waals surface area contributed by atoms with Gasteiger partial charge >= 0.3 is 0 Å². The molecule has 3 atom stereocenters. The van der Waals surface area contributed by atoms with Crippen molar-refractivity contribution in [3.63, 3.8) is 0 Å². The minimum atomic E-state index is -0.140. The largest absolute Gasteiger partial charge is 0.371 e. The molecule has 0 radical (unpaired) electrons. The summed E-state index contributed by atoms with van der Waals surface area (Å²) < 4.78 is 13.9. The number of piperidine rings is 1. The first-order valence-electron chi connectivity index (χ1n) is 8.37. The zero-order valence-corrected chi connectivity index (χ0v) is 13.2. The molecule has 2 N–H and O–H groups in total. The average Bonchev–Trinajstić information content (AvgIpc) is 2.49. The van der Waals surface area contributed by atoms with E-state index in [0.29, 0.717) is 0 Å². The summed E-state index contributed by atoms with van der Waals surface area (Å²) in [5.74, 6) is 1.59. The van der Waals surface area contributed by atoms with Crippen molar-refractivity contribution in [2.75, 3.05) is 18.0 Å². The van der Waals surface area contributed by atoms with Crippen LogP contribution in [0.4, 0.5) is 10.1 Å². The van der Waals surface area contributed by atoms with Gasteiger partial charge in [-0.05, 0) is 61.8 Å². The normalized spacial score (nSPS) is 27.3. The molecule has 1 saturated heterocycles. The standard InChI is InChI=1S/C18H27FN2/c1-12-9-18(16(13(2)20)10-17(12)19)21-8-7-14-5-3-4-6-15(14)11-21/h9-10,13-15H,3-8,11,20H2,1-2H3/t13-,14?,15?/m1/s1. The summed E-state index contributed by atoms with van der Waals surface area (Å²) in [4.78, 5) is 2.46. The molecule has 1 heterocycles. The lowest BCUT2D eigenvalue weighted by molar-refractivity contribution is 0.202. The average molecular weight is 290 g/mol. The Bertz CT molecular complexity index is 512. The number of rotatable bonds is 2. The highest BCUT2D eigenvalue weighted by Crippen LogP contribution is 2.39. The van der Waals surface area contributed by atoms with Crippen LogP contribution in [0.2, 0.25) is 0 Å². The van der Waals surface area contributed by atoms with Crippen LogP contribution in [-0.2, 0) is 0 Å². The van der Waals surface area contributed by atoms with Crippen molar-refractivity contribution in [1.29, 1.82) is 0 Å². The molecule has 2 fully saturated rings. The fourth-order valence-corrected chi connectivity index (χ4v) is 4.14. The Morgan fingerprint density at radius 3 is 2.62 bits per heavy atom. The number of anilines is 1. The third kappa shape index (κ3) is 2.94. The molecule has 116 valence electrons. The Kier molecular flexibility index (Phi) is 4.21. The lowest BCUT2D eigenvalue weighted by atomic mass is 9.75. The second kappa shape index (κ2) is 5.96. The number of halogens is 1. The molecular weight excluding hydrogens is 263 g/mol. The van der Waals surface area contributed by atoms with Crippen LogP contribution in [0.1, 0.15) is 56.2 Å². The molecule has 2 nitrogen and oxygen atoms in total. The van der Waals surface area contributed by atoms with E-state index in [4.69, 9.17) is 5.73 Å². The molecule has 0 bridgehead atoms. The van der Waals surface area contributed by atoms with Crippen molar-refractivity contribution in [3.8, 4) is 0 Å². The summed E-state index contributed by atoms with van der Waals surface area (Å²) in [5.41, 5.74) is 8.91. The fraction of sp³-hybridized carbons (Fsp3) is 0.667. The van der Waals surface area contributed by atoms with Crippen molar-refractivity contribution in [1.82, 2.24) is 0 Å². The van der Waals surface area contributed by atoms with Crippen molar-refractivity contribution in [2.45, 2.75) is 52.0 Å². The lowest BCUT2D eigenvalue weighted by Gasteiger charge is -2.43. The Morgan fingerprint density at radius 1 is 1.19 bits per heavy atom. The number of nitrogens with two attached hydrogens (primary N) is 1. The lowest BCUT2D eigenvalue weighted by Crippen LogP contribution is -2.42. The molecular formula is C18H27FN2. The Labute approximate surface area is 127 Å². The Balaban J connectivity index is 1.87. The first kappa shape index (κ1) is 14.8. The van der Waals surface area contributed by atoms with E-state index in [0.717, 1.165) is 41.7 Å². The molecule has 1 aromatic rings. The van der Waals surface area contributed by atoms with Crippen LogP contribution in [0, 0.1) is 24.6 Å². The Morgan fingerprint density at radius 2 is 1.90 bits per heavy atom. The molecule has 1 aromatic carbocycles. The second-order valence-electron chi connectivity index (χ2n) is 6.99. The minimum absolute atomic E-state index is 0.126. The van der Waals surface area contributed by atoms with Gasteiger partial charge in [0.2, 0.25) is 0 Å². The van der Waals surface area contributed by atoms with Gasteiger partial charge in [-0.1, -0.05) is 19.3 Å². The van der Waals surface area contributed by atoms with Crippen molar-refractivity contribution >= 4 is 5.69 Å². The number of benzene rings is 1. The van der Waals surface area contributed by atoms with Gasteiger partial charge in [0, 0.05) is 24.8 Å². The molecule has 0 amide bonds. The molecule has 2 unspecified atom stereocenters. The molecule has 0 aromatic heterocycles. The van der Waals surface area contributed by atoms with Gasteiger partial charge in [0.1, 0.15) is 5.82 Å². The quantitative estimate of drug-likeness (QED) is 0.885. The highest BCUT2D eigenvalue weighted by Gasteiger charge is 2.32. The van der Waals surface area contributed by atoms with Gasteiger partial charge in [0.05, 0.1) is 0 Å². The first-order chi connectivity index (χ1) is 10.1. The summed E-state index contributed by atoms with van der Waals surface area (Å²) in [6, 6.07) is 3.51. The second-order valence-corrected chi connectivity index (χ2v) is 6.99.